The summed E-state index contributed by atoms with van der Waals surface area (Å²) in [7, 11) is 0. The van der Waals surface area contributed by atoms with Crippen LogP contribution in [-0.4, -0.2) is 37.8 Å². The zero-order valence-electron chi connectivity index (χ0n) is 13.3. The van der Waals surface area contributed by atoms with Gasteiger partial charge in [0.05, 0.1) is 0 Å². The third-order valence-electron chi connectivity index (χ3n) is 4.00. The summed E-state index contributed by atoms with van der Waals surface area (Å²) in [6.07, 6.45) is 3.70. The van der Waals surface area contributed by atoms with E-state index in [-0.39, 0.29) is 12.5 Å². The van der Waals surface area contributed by atoms with Gasteiger partial charge in [0.2, 0.25) is 0 Å². The Bertz CT molecular complexity index is 1000. The monoisotopic (exact) mass is 356 g/mol. The van der Waals surface area contributed by atoms with Crippen molar-refractivity contribution in [3.8, 4) is 11.4 Å². The van der Waals surface area contributed by atoms with Gasteiger partial charge in [0, 0.05) is 42.7 Å². The molecule has 9 nitrogen and oxygen atoms in total. The van der Waals surface area contributed by atoms with Crippen LogP contribution in [0.5, 0.6) is 0 Å². The number of carbonyl (C=O) groups is 1. The lowest BCUT2D eigenvalue weighted by Gasteiger charge is -2.29. The number of nitrogens with zero attached hydrogens (tertiary/aromatic N) is 4. The molecule has 0 spiro atoms. The summed E-state index contributed by atoms with van der Waals surface area (Å²) >= 11 is 0. The Morgan fingerprint density at radius 3 is 2.81 bits per heavy atom. The van der Waals surface area contributed by atoms with Gasteiger partial charge in [-0.2, -0.15) is 4.98 Å². The van der Waals surface area contributed by atoms with Crippen LogP contribution in [0.15, 0.2) is 41.6 Å². The largest absolute Gasteiger partial charge is 0.441 e. The Balaban J connectivity index is 1.51. The summed E-state index contributed by atoms with van der Waals surface area (Å²) in [5.41, 5.74) is 0.357. The lowest BCUT2D eigenvalue weighted by atomic mass is 10.1. The summed E-state index contributed by atoms with van der Waals surface area (Å²) in [6, 6.07) is 4.60. The fourth-order valence-electron chi connectivity index (χ4n) is 2.67. The van der Waals surface area contributed by atoms with Crippen molar-refractivity contribution in [1.29, 1.82) is 0 Å². The van der Waals surface area contributed by atoms with Crippen LogP contribution < -0.4 is 10.5 Å². The summed E-state index contributed by atoms with van der Waals surface area (Å²) < 4.78 is 18.8. The molecule has 10 heteroatoms. The maximum Gasteiger partial charge on any atom is 0.417 e. The van der Waals surface area contributed by atoms with Crippen LogP contribution in [0.1, 0.15) is 18.1 Å². The van der Waals surface area contributed by atoms with E-state index < -0.39 is 23.6 Å². The number of halogens is 1. The molecule has 0 radical (unpaired) electrons. The first-order chi connectivity index (χ1) is 12.6. The maximum atomic E-state index is 13.4. The van der Waals surface area contributed by atoms with Gasteiger partial charge in [0.1, 0.15) is 6.10 Å². The van der Waals surface area contributed by atoms with Crippen LogP contribution in [-0.2, 0) is 4.74 Å². The van der Waals surface area contributed by atoms with Gasteiger partial charge in [-0.3, -0.25) is 14.9 Å². The molecule has 0 aromatic carbocycles. The summed E-state index contributed by atoms with van der Waals surface area (Å²) in [5.74, 6) is -0.232. The molecule has 3 aromatic rings. The van der Waals surface area contributed by atoms with E-state index in [0.29, 0.717) is 17.8 Å². The normalized spacial score (nSPS) is 17.2. The number of amides is 1. The number of cyclic esters (lactones) is 1. The Kier molecular flexibility index (Phi) is 3.92. The number of aromatic nitrogens is 5. The zero-order valence-corrected chi connectivity index (χ0v) is 13.3. The van der Waals surface area contributed by atoms with Crippen LogP contribution in [0, 0.1) is 5.82 Å². The van der Waals surface area contributed by atoms with E-state index in [1.807, 2.05) is 0 Å². The van der Waals surface area contributed by atoms with E-state index >= 15 is 0 Å². The van der Waals surface area contributed by atoms with Gasteiger partial charge in [0.15, 0.2) is 11.6 Å². The third kappa shape index (κ3) is 2.92. The second-order valence-corrected chi connectivity index (χ2v) is 5.64. The van der Waals surface area contributed by atoms with Gasteiger partial charge in [0.25, 0.3) is 11.5 Å². The van der Waals surface area contributed by atoms with Crippen LogP contribution in [0.3, 0.4) is 0 Å². The SMILES string of the molecule is O=C1OC(c2c[nH]c(=O)c(F)c2)CCN1c1n[nH]c(-c2ccncc2)n1. The Morgan fingerprint density at radius 1 is 1.27 bits per heavy atom. The quantitative estimate of drug-likeness (QED) is 0.739. The minimum absolute atomic E-state index is 0.188. The van der Waals surface area contributed by atoms with Gasteiger partial charge in [-0.05, 0) is 18.2 Å². The van der Waals surface area contributed by atoms with Crippen LogP contribution in [0.4, 0.5) is 15.1 Å². The van der Waals surface area contributed by atoms with Crippen molar-refractivity contribution in [2.24, 2.45) is 0 Å². The molecule has 1 amide bonds. The molecular weight excluding hydrogens is 343 g/mol. The van der Waals surface area contributed by atoms with E-state index in [0.717, 1.165) is 11.6 Å². The summed E-state index contributed by atoms with van der Waals surface area (Å²) in [4.78, 5) is 35.2. The van der Waals surface area contributed by atoms with Gasteiger partial charge in [-0.1, -0.05) is 0 Å². The summed E-state index contributed by atoms with van der Waals surface area (Å²) in [6.45, 7) is 0.290. The van der Waals surface area contributed by atoms with Crippen LogP contribution in [0.2, 0.25) is 0 Å². The molecule has 0 bridgehead atoms. The molecule has 26 heavy (non-hydrogen) atoms. The number of aromatic amines is 2. The molecule has 1 fully saturated rings. The number of nitrogens with one attached hydrogen (secondary N) is 2. The first-order valence-electron chi connectivity index (χ1n) is 7.81. The molecule has 0 saturated carbocycles. The second kappa shape index (κ2) is 6.39. The number of ether oxygens (including phenoxy) is 1. The van der Waals surface area contributed by atoms with Crippen molar-refractivity contribution in [2.45, 2.75) is 12.5 Å². The lowest BCUT2D eigenvalue weighted by Crippen LogP contribution is -2.40. The molecule has 4 rings (SSSR count). The molecule has 1 atom stereocenters. The molecular formula is C16H13FN6O3. The van der Waals surface area contributed by atoms with Gasteiger partial charge in [-0.15, -0.1) is 5.10 Å². The zero-order chi connectivity index (χ0) is 18.1. The number of hydrogen-bond acceptors (Lipinski definition) is 6. The molecule has 0 aliphatic carbocycles. The molecule has 4 heterocycles. The first kappa shape index (κ1) is 15.9. The van der Waals surface area contributed by atoms with E-state index in [1.54, 1.807) is 24.5 Å². The van der Waals surface area contributed by atoms with E-state index in [4.69, 9.17) is 4.74 Å². The van der Waals surface area contributed by atoms with Gasteiger partial charge in [-0.25, -0.2) is 14.1 Å². The van der Waals surface area contributed by atoms with Gasteiger partial charge < -0.3 is 9.72 Å². The molecule has 2 N–H and O–H groups in total. The summed E-state index contributed by atoms with van der Waals surface area (Å²) in [5, 5.41) is 6.82. The van der Waals surface area contributed by atoms with Crippen LogP contribution >= 0.6 is 0 Å². The standard InChI is InChI=1S/C16H13FN6O3/c17-11-7-10(8-19-14(11)24)12-3-6-23(16(25)26-12)15-20-13(21-22-15)9-1-4-18-5-2-9/h1-2,4-5,7-8,12H,3,6H2,(H,19,24)(H,20,21,22). The highest BCUT2D eigenvalue weighted by Crippen LogP contribution is 2.28. The predicted octanol–water partition coefficient (Wildman–Crippen LogP) is 1.78. The van der Waals surface area contributed by atoms with Gasteiger partial charge >= 0.3 is 6.09 Å². The maximum absolute atomic E-state index is 13.4. The van der Waals surface area contributed by atoms with Crippen molar-refractivity contribution in [3.05, 3.63) is 58.5 Å². The smallest absolute Gasteiger partial charge is 0.417 e. The number of H-pyrrole nitrogens is 2. The lowest BCUT2D eigenvalue weighted by molar-refractivity contribution is 0.0832. The molecule has 1 aliphatic heterocycles. The topological polar surface area (TPSA) is 117 Å². The average Bonchev–Trinajstić information content (AvgIpc) is 3.14. The van der Waals surface area contributed by atoms with Crippen molar-refractivity contribution in [1.82, 2.24) is 25.1 Å². The average molecular weight is 356 g/mol. The Morgan fingerprint density at radius 2 is 2.08 bits per heavy atom. The molecule has 1 aliphatic rings. The fourth-order valence-corrected chi connectivity index (χ4v) is 2.67. The van der Waals surface area contributed by atoms with Crippen molar-refractivity contribution in [3.63, 3.8) is 0 Å². The molecule has 1 saturated heterocycles. The predicted molar refractivity (Wildman–Crippen MR) is 87.8 cm³/mol. The number of anilines is 1. The third-order valence-corrected chi connectivity index (χ3v) is 4.00. The van der Waals surface area contributed by atoms with E-state index in [9.17, 15) is 14.0 Å². The van der Waals surface area contributed by atoms with E-state index in [1.165, 1.54) is 11.1 Å². The second-order valence-electron chi connectivity index (χ2n) is 5.64. The molecule has 3 aromatic heterocycles. The highest BCUT2D eigenvalue weighted by Gasteiger charge is 2.32. The molecule has 132 valence electrons. The minimum atomic E-state index is -0.920. The van der Waals surface area contributed by atoms with Crippen LogP contribution in [0.25, 0.3) is 11.4 Å². The van der Waals surface area contributed by atoms with Crippen molar-refractivity contribution >= 4 is 12.0 Å². The number of pyridine rings is 2. The first-order valence-corrected chi connectivity index (χ1v) is 7.81. The molecule has 1 unspecified atom stereocenters. The van der Waals surface area contributed by atoms with Crippen molar-refractivity contribution in [2.75, 3.05) is 11.4 Å². The Labute approximate surface area is 145 Å². The van der Waals surface area contributed by atoms with Crippen molar-refractivity contribution < 1.29 is 13.9 Å². The number of carbonyl (C=O) groups excluding carboxylic acids is 1. The van der Waals surface area contributed by atoms with E-state index in [2.05, 4.69) is 25.1 Å². The Hall–Kier alpha value is -3.56. The number of rotatable bonds is 3. The minimum Gasteiger partial charge on any atom is -0.441 e. The fraction of sp³-hybridized carbons (Fsp3) is 0.188. The highest BCUT2D eigenvalue weighted by atomic mass is 19.1. The number of hydrogen-bond donors (Lipinski definition) is 2. The highest BCUT2D eigenvalue weighted by molar-refractivity contribution is 5.86.